The van der Waals surface area contributed by atoms with Gasteiger partial charge >= 0.3 is 0 Å². The molecule has 0 aliphatic carbocycles. The van der Waals surface area contributed by atoms with Gasteiger partial charge in [0.05, 0.1) is 5.69 Å². The molecule has 1 heterocycles. The maximum atomic E-state index is 4.53. The molecule has 1 aromatic heterocycles. The molecule has 0 N–H and O–H groups in total. The van der Waals surface area contributed by atoms with Crippen LogP contribution in [0.4, 0.5) is 0 Å². The van der Waals surface area contributed by atoms with Crippen LogP contribution in [0.25, 0.3) is 11.1 Å². The average molecular weight is 211 g/mol. The van der Waals surface area contributed by atoms with Gasteiger partial charge in [-0.3, -0.25) is 4.98 Å². The quantitative estimate of drug-likeness (QED) is 0.739. The molecule has 1 atom stereocenters. The molecule has 1 nitrogen and oxygen atoms in total. The third-order valence-electron chi connectivity index (χ3n) is 3.00. The lowest BCUT2D eigenvalue weighted by molar-refractivity contribution is 0.710. The molecule has 0 aliphatic heterocycles. The van der Waals surface area contributed by atoms with Gasteiger partial charge in [0.2, 0.25) is 0 Å². The Morgan fingerprint density at radius 2 is 1.81 bits per heavy atom. The van der Waals surface area contributed by atoms with Crippen LogP contribution in [0.3, 0.4) is 0 Å². The first kappa shape index (κ1) is 10.9. The lowest BCUT2D eigenvalue weighted by atomic mass is 9.95. The maximum absolute atomic E-state index is 4.53. The van der Waals surface area contributed by atoms with Crippen LogP contribution in [0.15, 0.2) is 48.7 Å². The standard InChI is InChI=1S/C15H17N/c1-3-12(2)15-14(10-7-11-16-15)13-8-5-4-6-9-13/h4-12H,3H2,1-2H3. The van der Waals surface area contributed by atoms with Crippen molar-refractivity contribution in [3.05, 3.63) is 54.4 Å². The normalized spacial score (nSPS) is 12.4. The van der Waals surface area contributed by atoms with Crippen LogP contribution >= 0.6 is 0 Å². The van der Waals surface area contributed by atoms with Crippen LogP contribution in [0.5, 0.6) is 0 Å². The second-order valence-corrected chi connectivity index (χ2v) is 4.11. The molecule has 82 valence electrons. The van der Waals surface area contributed by atoms with Crippen LogP contribution in [-0.2, 0) is 0 Å². The summed E-state index contributed by atoms with van der Waals surface area (Å²) in [6, 6.07) is 14.6. The van der Waals surface area contributed by atoms with Crippen molar-refractivity contribution < 1.29 is 0 Å². The van der Waals surface area contributed by atoms with Gasteiger partial charge in [-0.15, -0.1) is 0 Å². The van der Waals surface area contributed by atoms with E-state index in [0.29, 0.717) is 5.92 Å². The van der Waals surface area contributed by atoms with E-state index in [1.165, 1.54) is 16.8 Å². The van der Waals surface area contributed by atoms with Crippen LogP contribution < -0.4 is 0 Å². The Morgan fingerprint density at radius 3 is 2.50 bits per heavy atom. The molecule has 1 unspecified atom stereocenters. The molecule has 16 heavy (non-hydrogen) atoms. The molecule has 0 amide bonds. The number of benzene rings is 1. The summed E-state index contributed by atoms with van der Waals surface area (Å²) >= 11 is 0. The molecular weight excluding hydrogens is 194 g/mol. The van der Waals surface area contributed by atoms with Gasteiger partial charge in [-0.25, -0.2) is 0 Å². The SMILES string of the molecule is CCC(C)c1ncccc1-c1ccccc1. The lowest BCUT2D eigenvalue weighted by Gasteiger charge is -2.13. The summed E-state index contributed by atoms with van der Waals surface area (Å²) in [6.07, 6.45) is 3.00. The maximum Gasteiger partial charge on any atom is 0.0509 e. The Labute approximate surface area is 97.2 Å². The highest BCUT2D eigenvalue weighted by molar-refractivity contribution is 5.66. The predicted octanol–water partition coefficient (Wildman–Crippen LogP) is 4.26. The number of aromatic nitrogens is 1. The molecule has 2 rings (SSSR count). The Morgan fingerprint density at radius 1 is 1.06 bits per heavy atom. The number of hydrogen-bond acceptors (Lipinski definition) is 1. The van der Waals surface area contributed by atoms with Crippen LogP contribution in [-0.4, -0.2) is 4.98 Å². The van der Waals surface area contributed by atoms with Crippen molar-refractivity contribution in [1.82, 2.24) is 4.98 Å². The smallest absolute Gasteiger partial charge is 0.0509 e. The molecule has 0 saturated heterocycles. The minimum atomic E-state index is 0.511. The van der Waals surface area contributed by atoms with Crippen molar-refractivity contribution >= 4 is 0 Å². The third kappa shape index (κ3) is 2.13. The highest BCUT2D eigenvalue weighted by Crippen LogP contribution is 2.28. The van der Waals surface area contributed by atoms with Gasteiger partial charge in [0.1, 0.15) is 0 Å². The fourth-order valence-corrected chi connectivity index (χ4v) is 1.87. The number of rotatable bonds is 3. The van der Waals surface area contributed by atoms with Crippen LogP contribution in [0.1, 0.15) is 31.9 Å². The minimum Gasteiger partial charge on any atom is -0.260 e. The van der Waals surface area contributed by atoms with Gasteiger partial charge in [0.15, 0.2) is 0 Å². The van der Waals surface area contributed by atoms with E-state index in [0.717, 1.165) is 6.42 Å². The summed E-state index contributed by atoms with van der Waals surface area (Å²) in [7, 11) is 0. The van der Waals surface area contributed by atoms with E-state index in [1.807, 2.05) is 18.3 Å². The van der Waals surface area contributed by atoms with E-state index in [4.69, 9.17) is 0 Å². The predicted molar refractivity (Wildman–Crippen MR) is 68.4 cm³/mol. The van der Waals surface area contributed by atoms with Gasteiger partial charge in [0.25, 0.3) is 0 Å². The first-order chi connectivity index (χ1) is 7.83. The van der Waals surface area contributed by atoms with Gasteiger partial charge in [-0.1, -0.05) is 50.2 Å². The first-order valence-corrected chi connectivity index (χ1v) is 5.83. The molecular formula is C15H17N. The molecule has 1 aromatic carbocycles. The zero-order valence-corrected chi connectivity index (χ0v) is 9.85. The Bertz CT molecular complexity index is 448. The van der Waals surface area contributed by atoms with Gasteiger partial charge in [-0.2, -0.15) is 0 Å². The molecule has 1 heteroatoms. The van der Waals surface area contributed by atoms with Crippen LogP contribution in [0, 0.1) is 0 Å². The topological polar surface area (TPSA) is 12.9 Å². The van der Waals surface area contributed by atoms with Crippen molar-refractivity contribution in [2.45, 2.75) is 26.2 Å². The minimum absolute atomic E-state index is 0.511. The van der Waals surface area contributed by atoms with E-state index in [1.54, 1.807) is 0 Å². The summed E-state index contributed by atoms with van der Waals surface area (Å²) in [5, 5.41) is 0. The summed E-state index contributed by atoms with van der Waals surface area (Å²) in [6.45, 7) is 4.43. The summed E-state index contributed by atoms with van der Waals surface area (Å²) < 4.78 is 0. The van der Waals surface area contributed by atoms with Crippen molar-refractivity contribution in [1.29, 1.82) is 0 Å². The van der Waals surface area contributed by atoms with Crippen LogP contribution in [0.2, 0.25) is 0 Å². The van der Waals surface area contributed by atoms with Crippen molar-refractivity contribution in [3.63, 3.8) is 0 Å². The highest BCUT2D eigenvalue weighted by atomic mass is 14.7. The van der Waals surface area contributed by atoms with E-state index in [9.17, 15) is 0 Å². The highest BCUT2D eigenvalue weighted by Gasteiger charge is 2.10. The average Bonchev–Trinajstić information content (AvgIpc) is 2.39. The van der Waals surface area contributed by atoms with Crippen molar-refractivity contribution in [2.75, 3.05) is 0 Å². The Hall–Kier alpha value is -1.63. The van der Waals surface area contributed by atoms with E-state index < -0.39 is 0 Å². The van der Waals surface area contributed by atoms with Gasteiger partial charge in [0, 0.05) is 11.8 Å². The molecule has 0 aliphatic rings. The summed E-state index contributed by atoms with van der Waals surface area (Å²) in [4.78, 5) is 4.53. The van der Waals surface area contributed by atoms with Crippen molar-refractivity contribution in [3.8, 4) is 11.1 Å². The zero-order valence-electron chi connectivity index (χ0n) is 9.85. The third-order valence-corrected chi connectivity index (χ3v) is 3.00. The number of hydrogen-bond donors (Lipinski definition) is 0. The number of pyridine rings is 1. The molecule has 0 radical (unpaired) electrons. The Kier molecular flexibility index (Phi) is 3.35. The zero-order chi connectivity index (χ0) is 11.4. The fraction of sp³-hybridized carbons (Fsp3) is 0.267. The second-order valence-electron chi connectivity index (χ2n) is 4.11. The Balaban J connectivity index is 2.49. The molecule has 0 fully saturated rings. The number of nitrogens with zero attached hydrogens (tertiary/aromatic N) is 1. The van der Waals surface area contributed by atoms with Gasteiger partial charge < -0.3 is 0 Å². The second kappa shape index (κ2) is 4.93. The summed E-state index contributed by atoms with van der Waals surface area (Å²) in [5.41, 5.74) is 3.72. The molecule has 0 bridgehead atoms. The first-order valence-electron chi connectivity index (χ1n) is 5.83. The summed E-state index contributed by atoms with van der Waals surface area (Å²) in [5.74, 6) is 0.511. The van der Waals surface area contributed by atoms with E-state index in [2.05, 4.69) is 49.2 Å². The van der Waals surface area contributed by atoms with Gasteiger partial charge in [-0.05, 0) is 24.0 Å². The largest absolute Gasteiger partial charge is 0.260 e. The van der Waals surface area contributed by atoms with Crippen molar-refractivity contribution in [2.24, 2.45) is 0 Å². The fourth-order valence-electron chi connectivity index (χ4n) is 1.87. The molecule has 0 spiro atoms. The lowest BCUT2D eigenvalue weighted by Crippen LogP contribution is -1.98. The monoisotopic (exact) mass is 211 g/mol. The van der Waals surface area contributed by atoms with E-state index in [-0.39, 0.29) is 0 Å². The van der Waals surface area contributed by atoms with E-state index >= 15 is 0 Å². The molecule has 2 aromatic rings. The molecule has 0 saturated carbocycles.